The monoisotopic (exact) mass is 728 g/mol. The molecule has 0 amide bonds. The van der Waals surface area contributed by atoms with Gasteiger partial charge in [-0.05, 0) is 92.2 Å². The second kappa shape index (κ2) is 13.4. The van der Waals surface area contributed by atoms with Crippen molar-refractivity contribution in [3.05, 3.63) is 210 Å². The lowest BCUT2D eigenvalue weighted by molar-refractivity contribution is 1.06. The molecule has 0 atom stereocenters. The van der Waals surface area contributed by atoms with Crippen LogP contribution in [0.4, 0.5) is 0 Å². The average molecular weight is 729 g/mol. The third kappa shape index (κ3) is 5.33. The molecule has 0 spiro atoms. The van der Waals surface area contributed by atoms with Crippen molar-refractivity contribution in [1.29, 1.82) is 0 Å². The van der Waals surface area contributed by atoms with Gasteiger partial charge in [-0.3, -0.25) is 4.99 Å². The molecule has 0 fully saturated rings. The molecule has 0 aliphatic heterocycles. The van der Waals surface area contributed by atoms with Crippen LogP contribution >= 0.6 is 0 Å². The van der Waals surface area contributed by atoms with E-state index >= 15 is 0 Å². The topological polar surface area (TPSA) is 42.0 Å². The highest BCUT2D eigenvalue weighted by molar-refractivity contribution is 6.31. The minimum Gasteiger partial charge on any atom is -0.309 e. The lowest BCUT2D eigenvalue weighted by Crippen LogP contribution is -2.08. The second-order valence-corrected chi connectivity index (χ2v) is 14.8. The lowest BCUT2D eigenvalue weighted by atomic mass is 9.90. The summed E-state index contributed by atoms with van der Waals surface area (Å²) in [5.41, 5.74) is 11.8. The molecule has 0 saturated heterocycles. The summed E-state index contributed by atoms with van der Waals surface area (Å²) < 4.78 is 2.45. The summed E-state index contributed by atoms with van der Waals surface area (Å²) in [7, 11) is 0. The summed E-state index contributed by atoms with van der Waals surface area (Å²) in [4.78, 5) is 15.2. The molecular weight excluding hydrogens is 693 g/mol. The Labute approximate surface area is 330 Å². The maximum absolute atomic E-state index is 5.36. The molecule has 0 N–H and O–H groups in total. The fourth-order valence-electron chi connectivity index (χ4n) is 9.11. The number of para-hydroxylation sites is 1. The van der Waals surface area contributed by atoms with E-state index in [2.05, 4.69) is 162 Å². The molecule has 1 aromatic heterocycles. The number of nitrogens with zero attached hydrogens (tertiary/aromatic N) is 4. The van der Waals surface area contributed by atoms with Crippen molar-refractivity contribution in [2.45, 2.75) is 13.0 Å². The molecule has 1 heterocycles. The number of benzene rings is 9. The number of hydrogen-bond acceptors (Lipinski definition) is 1. The first-order chi connectivity index (χ1) is 28.2. The maximum Gasteiger partial charge on any atom is 0.161 e. The van der Waals surface area contributed by atoms with E-state index in [-0.39, 0.29) is 0 Å². The molecule has 0 saturated carbocycles. The van der Waals surface area contributed by atoms with Crippen molar-refractivity contribution in [3.63, 3.8) is 0 Å². The van der Waals surface area contributed by atoms with Crippen LogP contribution in [0.15, 0.2) is 197 Å². The van der Waals surface area contributed by atoms with Crippen molar-refractivity contribution in [1.82, 2.24) is 4.57 Å². The van der Waals surface area contributed by atoms with Crippen molar-refractivity contribution < 1.29 is 0 Å². The van der Waals surface area contributed by atoms with Gasteiger partial charge in [0.1, 0.15) is 0 Å². The van der Waals surface area contributed by atoms with Gasteiger partial charge in [0.15, 0.2) is 11.7 Å². The summed E-state index contributed by atoms with van der Waals surface area (Å²) in [5.74, 6) is 1.13. The molecule has 1 aliphatic rings. The largest absolute Gasteiger partial charge is 0.309 e. The van der Waals surface area contributed by atoms with E-state index in [1.807, 2.05) is 36.4 Å². The first-order valence-electron chi connectivity index (χ1n) is 19.5. The van der Waals surface area contributed by atoms with Crippen LogP contribution in [-0.4, -0.2) is 23.0 Å². The predicted molar refractivity (Wildman–Crippen MR) is 241 cm³/mol. The summed E-state index contributed by atoms with van der Waals surface area (Å²) in [5, 5.41) is 9.55. The Morgan fingerprint density at radius 1 is 0.509 bits per heavy atom. The van der Waals surface area contributed by atoms with Gasteiger partial charge in [-0.2, -0.15) is 0 Å². The second-order valence-electron chi connectivity index (χ2n) is 14.8. The Balaban J connectivity index is 1.27. The van der Waals surface area contributed by atoms with E-state index in [0.29, 0.717) is 18.2 Å². The lowest BCUT2D eigenvalue weighted by Gasteiger charge is -2.18. The Hall–Kier alpha value is -7.43. The average Bonchev–Trinajstić information content (AvgIpc) is 3.83. The number of aliphatic imine (C=N–C) groups is 3. The minimum atomic E-state index is 0.457. The third-order valence-electron chi connectivity index (χ3n) is 11.6. The standard InChI is InChI=1S/C53H36N4/c1-54-52(35-18-6-3-7-19-35)56-53(55-33-34-16-4-2-5-17-34)47-32-37(31-46-41-24-11-10-22-39(41)40-23-12-13-25-43(40)50(46)47)57-48-27-15-14-26-44(48)51-45-30-36-20-8-9-21-38(36)42(45)28-29-49(51)57/h2-29,31-32H,1,30,33H2/b55-53-,56-52-. The normalized spacial score (nSPS) is 12.8. The van der Waals surface area contributed by atoms with E-state index in [0.717, 1.165) is 50.5 Å². The summed E-state index contributed by atoms with van der Waals surface area (Å²) in [6.45, 7) is 4.44. The molecule has 0 radical (unpaired) electrons. The van der Waals surface area contributed by atoms with E-state index in [9.17, 15) is 0 Å². The molecular formula is C53H36N4. The molecule has 4 nitrogen and oxygen atoms in total. The van der Waals surface area contributed by atoms with E-state index in [1.54, 1.807) is 0 Å². The van der Waals surface area contributed by atoms with Crippen molar-refractivity contribution >= 4 is 72.5 Å². The van der Waals surface area contributed by atoms with Gasteiger partial charge in [-0.1, -0.05) is 158 Å². The maximum atomic E-state index is 5.36. The Bertz CT molecular complexity index is 3300. The van der Waals surface area contributed by atoms with E-state index in [1.165, 1.54) is 54.7 Å². The summed E-state index contributed by atoms with van der Waals surface area (Å²) >= 11 is 0. The SMILES string of the molecule is C=N/C(=N\C(=N/Cc1ccccc1)c1cc(-n2c3ccccc3c3c4c(ccc32)-c2ccccc2C4)cc2c3ccccc3c3ccccc3c12)c1ccccc1. The van der Waals surface area contributed by atoms with Gasteiger partial charge in [0.25, 0.3) is 0 Å². The van der Waals surface area contributed by atoms with Gasteiger partial charge in [-0.15, -0.1) is 0 Å². The molecule has 11 rings (SSSR count). The fourth-order valence-corrected chi connectivity index (χ4v) is 9.11. The first kappa shape index (κ1) is 33.0. The highest BCUT2D eigenvalue weighted by atomic mass is 15.0. The summed E-state index contributed by atoms with van der Waals surface area (Å²) in [6.07, 6.45) is 0.915. The number of fused-ring (bicyclic) bond motifs is 13. The van der Waals surface area contributed by atoms with Crippen LogP contribution in [0.2, 0.25) is 0 Å². The van der Waals surface area contributed by atoms with Crippen molar-refractivity contribution in [3.8, 4) is 16.8 Å². The van der Waals surface area contributed by atoms with Crippen LogP contribution in [0.25, 0.3) is 70.9 Å². The quantitative estimate of drug-likeness (QED) is 0.0962. The van der Waals surface area contributed by atoms with Crippen molar-refractivity contribution in [2.24, 2.45) is 15.0 Å². The Morgan fingerprint density at radius 2 is 1.14 bits per heavy atom. The van der Waals surface area contributed by atoms with Crippen LogP contribution in [0.5, 0.6) is 0 Å². The molecule has 9 aromatic carbocycles. The van der Waals surface area contributed by atoms with Gasteiger partial charge >= 0.3 is 0 Å². The number of rotatable bonds is 5. The molecule has 4 heteroatoms. The van der Waals surface area contributed by atoms with E-state index in [4.69, 9.17) is 9.98 Å². The van der Waals surface area contributed by atoms with Gasteiger partial charge < -0.3 is 4.57 Å². The van der Waals surface area contributed by atoms with Crippen LogP contribution < -0.4 is 0 Å². The molecule has 268 valence electrons. The minimum absolute atomic E-state index is 0.457. The molecule has 0 bridgehead atoms. The van der Waals surface area contributed by atoms with E-state index < -0.39 is 0 Å². The van der Waals surface area contributed by atoms with Gasteiger partial charge in [0.05, 0.1) is 17.6 Å². The highest BCUT2D eigenvalue weighted by Gasteiger charge is 2.25. The number of hydrogen-bond donors (Lipinski definition) is 0. The smallest absolute Gasteiger partial charge is 0.161 e. The molecule has 10 aromatic rings. The molecule has 57 heavy (non-hydrogen) atoms. The predicted octanol–water partition coefficient (Wildman–Crippen LogP) is 12.9. The van der Waals surface area contributed by atoms with Crippen LogP contribution in [0, 0.1) is 0 Å². The fraction of sp³-hybridized carbons (Fsp3) is 0.0377. The number of aromatic nitrogens is 1. The van der Waals surface area contributed by atoms with Crippen LogP contribution in [-0.2, 0) is 13.0 Å². The van der Waals surface area contributed by atoms with Gasteiger partial charge in [0.2, 0.25) is 0 Å². The van der Waals surface area contributed by atoms with Gasteiger partial charge in [-0.25, -0.2) is 9.98 Å². The Morgan fingerprint density at radius 3 is 1.91 bits per heavy atom. The van der Waals surface area contributed by atoms with Crippen LogP contribution in [0.1, 0.15) is 27.8 Å². The highest BCUT2D eigenvalue weighted by Crippen LogP contribution is 2.45. The number of amidine groups is 2. The molecule has 0 unspecified atom stereocenters. The van der Waals surface area contributed by atoms with Crippen LogP contribution in [0.3, 0.4) is 0 Å². The first-order valence-corrected chi connectivity index (χ1v) is 19.5. The zero-order valence-corrected chi connectivity index (χ0v) is 31.2. The zero-order chi connectivity index (χ0) is 37.9. The summed E-state index contributed by atoms with van der Waals surface area (Å²) in [6, 6.07) is 64.9. The molecule has 1 aliphatic carbocycles. The zero-order valence-electron chi connectivity index (χ0n) is 31.2. The third-order valence-corrected chi connectivity index (χ3v) is 11.6. The Kier molecular flexibility index (Phi) is 7.75. The van der Waals surface area contributed by atoms with Crippen molar-refractivity contribution in [2.75, 3.05) is 0 Å². The van der Waals surface area contributed by atoms with Gasteiger partial charge in [0, 0.05) is 33.0 Å².